The van der Waals surface area contributed by atoms with Crippen molar-refractivity contribution in [3.8, 4) is 11.3 Å². The van der Waals surface area contributed by atoms with Crippen molar-refractivity contribution in [3.05, 3.63) is 24.8 Å². The highest BCUT2D eigenvalue weighted by Gasteiger charge is 2.34. The van der Waals surface area contributed by atoms with Gasteiger partial charge >= 0.3 is 0 Å². The van der Waals surface area contributed by atoms with E-state index in [1.54, 1.807) is 6.20 Å². The third-order valence-corrected chi connectivity index (χ3v) is 4.36. The summed E-state index contributed by atoms with van der Waals surface area (Å²) in [4.78, 5) is 8.50. The number of H-pyrrole nitrogens is 1. The lowest BCUT2D eigenvalue weighted by Gasteiger charge is -2.18. The number of hydrogen-bond acceptors (Lipinski definition) is 6. The number of hydrogen-bond donors (Lipinski definition) is 3. The van der Waals surface area contributed by atoms with Crippen LogP contribution in [0.3, 0.4) is 0 Å². The van der Waals surface area contributed by atoms with Crippen LogP contribution in [0.1, 0.15) is 19.6 Å². The van der Waals surface area contributed by atoms with Crippen molar-refractivity contribution in [2.45, 2.75) is 25.7 Å². The number of anilines is 1. The quantitative estimate of drug-likeness (QED) is 0.671. The molecule has 1 aliphatic heterocycles. The van der Waals surface area contributed by atoms with Crippen molar-refractivity contribution in [1.29, 1.82) is 0 Å². The summed E-state index contributed by atoms with van der Waals surface area (Å²) < 4.78 is 7.95. The lowest BCUT2D eigenvalue weighted by Crippen LogP contribution is -2.15. The Morgan fingerprint density at radius 2 is 2.35 bits per heavy atom. The summed E-state index contributed by atoms with van der Waals surface area (Å²) in [5.41, 5.74) is 8.54. The maximum atomic E-state index is 9.37. The van der Waals surface area contributed by atoms with Gasteiger partial charge in [0.15, 0.2) is 0 Å². The van der Waals surface area contributed by atoms with Crippen molar-refractivity contribution >= 4 is 16.9 Å². The highest BCUT2D eigenvalue weighted by Crippen LogP contribution is 2.39. The zero-order valence-corrected chi connectivity index (χ0v) is 12.7. The fraction of sp³-hybridized carbons (Fsp3) is 0.400. The van der Waals surface area contributed by atoms with E-state index in [4.69, 9.17) is 10.5 Å². The number of nitrogen functional groups attached to an aromatic ring is 1. The molecule has 120 valence electrons. The van der Waals surface area contributed by atoms with E-state index in [9.17, 15) is 5.11 Å². The highest BCUT2D eigenvalue weighted by molar-refractivity contribution is 5.99. The first kappa shape index (κ1) is 14.2. The van der Waals surface area contributed by atoms with Gasteiger partial charge < -0.3 is 20.1 Å². The van der Waals surface area contributed by atoms with Crippen molar-refractivity contribution in [2.24, 2.45) is 5.92 Å². The van der Waals surface area contributed by atoms with E-state index in [1.165, 1.54) is 6.33 Å². The Balaban J connectivity index is 1.90. The average molecular weight is 314 g/mol. The molecule has 23 heavy (non-hydrogen) atoms. The van der Waals surface area contributed by atoms with Gasteiger partial charge in [0.05, 0.1) is 23.8 Å². The second kappa shape index (κ2) is 5.32. The topological polar surface area (TPSA) is 115 Å². The van der Waals surface area contributed by atoms with Crippen LogP contribution < -0.4 is 5.73 Å². The molecule has 1 fully saturated rings. The molecular weight excluding hydrogens is 296 g/mol. The van der Waals surface area contributed by atoms with Gasteiger partial charge in [-0.25, -0.2) is 9.97 Å². The van der Waals surface area contributed by atoms with Crippen LogP contribution >= 0.6 is 0 Å². The summed E-state index contributed by atoms with van der Waals surface area (Å²) >= 11 is 0. The summed E-state index contributed by atoms with van der Waals surface area (Å²) in [6, 6.07) is 1.88. The van der Waals surface area contributed by atoms with Crippen LogP contribution in [0.2, 0.25) is 0 Å². The third-order valence-electron chi connectivity index (χ3n) is 4.36. The standard InChI is InChI=1S/C15H18N6O2/c1-8-4-9(6-22)23-15(8)21-5-10(11-2-3-19-20-11)12-13(16)17-7-18-14(12)21/h2-3,5,7-9,15,22H,4,6H2,1H3,(H,19,20)(H2,16,17,18)/t8?,9-,15+/m0/s1. The third kappa shape index (κ3) is 2.18. The molecule has 1 saturated heterocycles. The molecule has 4 heterocycles. The molecule has 3 atom stereocenters. The largest absolute Gasteiger partial charge is 0.394 e. The molecule has 0 aliphatic carbocycles. The molecule has 8 heteroatoms. The predicted octanol–water partition coefficient (Wildman–Crippen LogP) is 1.32. The summed E-state index contributed by atoms with van der Waals surface area (Å²) in [7, 11) is 0. The molecule has 3 aromatic heterocycles. The van der Waals surface area contributed by atoms with Gasteiger partial charge in [-0.1, -0.05) is 6.92 Å². The molecule has 8 nitrogen and oxygen atoms in total. The first-order valence-electron chi connectivity index (χ1n) is 7.56. The van der Waals surface area contributed by atoms with E-state index in [-0.39, 0.29) is 24.9 Å². The highest BCUT2D eigenvalue weighted by atomic mass is 16.5. The van der Waals surface area contributed by atoms with Gasteiger partial charge in [0, 0.05) is 23.9 Å². The molecule has 0 aromatic carbocycles. The second-order valence-corrected chi connectivity index (χ2v) is 5.92. The Morgan fingerprint density at radius 1 is 1.48 bits per heavy atom. The molecule has 0 amide bonds. The number of nitrogens with two attached hydrogens (primary N) is 1. The smallest absolute Gasteiger partial charge is 0.148 e. The lowest BCUT2D eigenvalue weighted by atomic mass is 10.1. The van der Waals surface area contributed by atoms with Crippen LogP contribution in [0.5, 0.6) is 0 Å². The summed E-state index contributed by atoms with van der Waals surface area (Å²) in [5, 5.41) is 17.1. The van der Waals surface area contributed by atoms with Gasteiger partial charge in [-0.15, -0.1) is 0 Å². The van der Waals surface area contributed by atoms with Gasteiger partial charge in [0.25, 0.3) is 0 Å². The molecule has 1 aliphatic rings. The van der Waals surface area contributed by atoms with Crippen LogP contribution in [-0.2, 0) is 4.74 Å². The minimum Gasteiger partial charge on any atom is -0.394 e. The Morgan fingerprint density at radius 3 is 3.04 bits per heavy atom. The molecular formula is C15H18N6O2. The maximum absolute atomic E-state index is 9.37. The molecule has 0 spiro atoms. The molecule has 0 saturated carbocycles. The molecule has 0 radical (unpaired) electrons. The number of aromatic amines is 1. The van der Waals surface area contributed by atoms with E-state index in [2.05, 4.69) is 27.1 Å². The zero-order chi connectivity index (χ0) is 16.0. The van der Waals surface area contributed by atoms with E-state index in [0.717, 1.165) is 28.7 Å². The van der Waals surface area contributed by atoms with Crippen LogP contribution in [0.25, 0.3) is 22.3 Å². The minimum atomic E-state index is -0.194. The van der Waals surface area contributed by atoms with Crippen LogP contribution in [0.4, 0.5) is 5.82 Å². The van der Waals surface area contributed by atoms with Crippen molar-refractivity contribution in [3.63, 3.8) is 0 Å². The van der Waals surface area contributed by atoms with Crippen molar-refractivity contribution in [1.82, 2.24) is 24.7 Å². The molecule has 4 N–H and O–H groups in total. The van der Waals surface area contributed by atoms with E-state index in [0.29, 0.717) is 5.82 Å². The fourth-order valence-electron chi connectivity index (χ4n) is 3.29. The molecule has 0 bridgehead atoms. The first-order valence-corrected chi connectivity index (χ1v) is 7.56. The average Bonchev–Trinajstić information content (AvgIpc) is 3.25. The monoisotopic (exact) mass is 314 g/mol. The van der Waals surface area contributed by atoms with Crippen LogP contribution in [0.15, 0.2) is 24.8 Å². The van der Waals surface area contributed by atoms with E-state index in [1.807, 2.05) is 16.8 Å². The van der Waals surface area contributed by atoms with Gasteiger partial charge in [0.1, 0.15) is 24.0 Å². The van der Waals surface area contributed by atoms with Crippen LogP contribution in [-0.4, -0.2) is 42.5 Å². The van der Waals surface area contributed by atoms with Crippen LogP contribution in [0, 0.1) is 5.92 Å². The van der Waals surface area contributed by atoms with Gasteiger partial charge in [-0.05, 0) is 12.5 Å². The number of aromatic nitrogens is 5. The maximum Gasteiger partial charge on any atom is 0.148 e. The summed E-state index contributed by atoms with van der Waals surface area (Å²) in [6.07, 6.45) is 5.57. The first-order chi connectivity index (χ1) is 11.2. The second-order valence-electron chi connectivity index (χ2n) is 5.92. The molecule has 1 unspecified atom stereocenters. The van der Waals surface area contributed by atoms with Crippen molar-refractivity contribution < 1.29 is 9.84 Å². The minimum absolute atomic E-state index is 0.0184. The fourth-order valence-corrected chi connectivity index (χ4v) is 3.29. The Kier molecular flexibility index (Phi) is 3.28. The lowest BCUT2D eigenvalue weighted by molar-refractivity contribution is -0.0291. The van der Waals surface area contributed by atoms with Gasteiger partial charge in [-0.3, -0.25) is 5.10 Å². The number of aliphatic hydroxyl groups is 1. The number of rotatable bonds is 3. The Hall–Kier alpha value is -2.45. The predicted molar refractivity (Wildman–Crippen MR) is 84.3 cm³/mol. The Bertz CT molecular complexity index is 828. The number of nitrogens with zero attached hydrogens (tertiary/aromatic N) is 4. The zero-order valence-electron chi connectivity index (χ0n) is 12.7. The normalized spacial score (nSPS) is 24.5. The van der Waals surface area contributed by atoms with Crippen molar-refractivity contribution in [2.75, 3.05) is 12.3 Å². The molecule has 4 rings (SSSR count). The number of aliphatic hydroxyl groups excluding tert-OH is 1. The Labute approximate surface area is 132 Å². The number of nitrogens with one attached hydrogen (secondary N) is 1. The van der Waals surface area contributed by atoms with E-state index < -0.39 is 0 Å². The van der Waals surface area contributed by atoms with Gasteiger partial charge in [0.2, 0.25) is 0 Å². The SMILES string of the molecule is CC1C[C@@H](CO)O[C@H]1n1cc(-c2ccn[nH]2)c2c(N)ncnc21. The van der Waals surface area contributed by atoms with E-state index >= 15 is 0 Å². The summed E-state index contributed by atoms with van der Waals surface area (Å²) in [6.45, 7) is 2.12. The van der Waals surface area contributed by atoms with Gasteiger partial charge in [-0.2, -0.15) is 5.10 Å². The number of fused-ring (bicyclic) bond motifs is 1. The number of ether oxygens (including phenoxy) is 1. The summed E-state index contributed by atoms with van der Waals surface area (Å²) in [5.74, 6) is 0.677. The molecule has 3 aromatic rings.